The number of carbonyl (C=O) groups excluding carboxylic acids is 3. The molecule has 0 aromatic heterocycles. The summed E-state index contributed by atoms with van der Waals surface area (Å²) in [6, 6.07) is 10.9. The second kappa shape index (κ2) is 4.86. The zero-order chi connectivity index (χ0) is 15.0. The van der Waals surface area contributed by atoms with E-state index < -0.39 is 6.16 Å². The smallest absolute Gasteiger partial charge is 0.437 e. The topological polar surface area (TPSA) is 69.7 Å². The molecule has 2 aromatic rings. The molecule has 5 nitrogen and oxygen atoms in total. The quantitative estimate of drug-likeness (QED) is 0.507. The molecule has 5 heteroatoms. The third-order valence-corrected chi connectivity index (χ3v) is 3.26. The van der Waals surface area contributed by atoms with E-state index in [0.29, 0.717) is 16.7 Å². The number of benzene rings is 2. The summed E-state index contributed by atoms with van der Waals surface area (Å²) in [4.78, 5) is 35.9. The molecule has 21 heavy (non-hydrogen) atoms. The summed E-state index contributed by atoms with van der Waals surface area (Å²) in [5.41, 5.74) is 1.26. The van der Waals surface area contributed by atoms with Crippen LogP contribution in [-0.4, -0.2) is 24.8 Å². The minimum Gasteiger partial charge on any atom is -0.437 e. The van der Waals surface area contributed by atoms with E-state index in [0.717, 1.165) is 0 Å². The van der Waals surface area contributed by atoms with Crippen molar-refractivity contribution < 1.29 is 23.9 Å². The van der Waals surface area contributed by atoms with E-state index in [1.165, 1.54) is 25.3 Å². The van der Waals surface area contributed by atoms with Crippen molar-refractivity contribution in [1.29, 1.82) is 0 Å². The van der Waals surface area contributed by atoms with Crippen molar-refractivity contribution in [3.8, 4) is 5.75 Å². The summed E-state index contributed by atoms with van der Waals surface area (Å²) in [7, 11) is 1.19. The first-order valence-corrected chi connectivity index (χ1v) is 6.20. The molecule has 1 aliphatic rings. The van der Waals surface area contributed by atoms with Crippen molar-refractivity contribution in [2.75, 3.05) is 7.11 Å². The fourth-order valence-corrected chi connectivity index (χ4v) is 2.28. The molecule has 0 amide bonds. The van der Waals surface area contributed by atoms with Gasteiger partial charge in [-0.1, -0.05) is 24.3 Å². The molecule has 0 saturated carbocycles. The summed E-state index contributed by atoms with van der Waals surface area (Å²) < 4.78 is 9.27. The van der Waals surface area contributed by atoms with E-state index in [2.05, 4.69) is 4.74 Å². The zero-order valence-corrected chi connectivity index (χ0v) is 11.1. The maximum atomic E-state index is 12.4. The van der Waals surface area contributed by atoms with E-state index >= 15 is 0 Å². The van der Waals surface area contributed by atoms with E-state index in [4.69, 9.17) is 4.74 Å². The largest absolute Gasteiger partial charge is 0.513 e. The Morgan fingerprint density at radius 2 is 1.43 bits per heavy atom. The average molecular weight is 282 g/mol. The van der Waals surface area contributed by atoms with Crippen LogP contribution in [0.15, 0.2) is 42.5 Å². The molecule has 3 rings (SSSR count). The molecule has 2 aromatic carbocycles. The summed E-state index contributed by atoms with van der Waals surface area (Å²) in [6.45, 7) is 0. The van der Waals surface area contributed by atoms with E-state index in [-0.39, 0.29) is 22.9 Å². The van der Waals surface area contributed by atoms with Crippen LogP contribution >= 0.6 is 0 Å². The summed E-state index contributed by atoms with van der Waals surface area (Å²) in [5, 5.41) is 0. The number of rotatable bonds is 1. The molecule has 1 aliphatic carbocycles. The summed E-state index contributed by atoms with van der Waals surface area (Å²) in [5.74, 6) is -0.332. The van der Waals surface area contributed by atoms with Crippen molar-refractivity contribution in [3.63, 3.8) is 0 Å². The predicted octanol–water partition coefficient (Wildman–Crippen LogP) is 2.61. The minimum atomic E-state index is -0.884. The fraction of sp³-hybridized carbons (Fsp3) is 0.0625. The van der Waals surface area contributed by atoms with Crippen LogP contribution in [0.5, 0.6) is 5.75 Å². The van der Waals surface area contributed by atoms with Gasteiger partial charge in [0, 0.05) is 22.3 Å². The number of hydrogen-bond acceptors (Lipinski definition) is 5. The Kier molecular flexibility index (Phi) is 3.02. The van der Waals surface area contributed by atoms with Crippen molar-refractivity contribution in [2.45, 2.75) is 0 Å². The second-order valence-corrected chi connectivity index (χ2v) is 4.47. The van der Waals surface area contributed by atoms with Crippen LogP contribution < -0.4 is 4.74 Å². The van der Waals surface area contributed by atoms with Crippen LogP contribution in [0.1, 0.15) is 31.8 Å². The lowest BCUT2D eigenvalue weighted by atomic mass is 9.84. The van der Waals surface area contributed by atoms with Gasteiger partial charge in [0.2, 0.25) is 0 Å². The standard InChI is InChI=1S/C16H10O5/c1-20-16(19)21-9-6-7-12-13(8-9)15(18)11-5-3-2-4-10(11)14(12)17/h2-8H,1H3. The first-order valence-electron chi connectivity index (χ1n) is 6.20. The highest BCUT2D eigenvalue weighted by Gasteiger charge is 2.29. The fourth-order valence-electron chi connectivity index (χ4n) is 2.28. The molecule has 0 heterocycles. The molecule has 0 fully saturated rings. The van der Waals surface area contributed by atoms with Crippen LogP contribution in [0.4, 0.5) is 4.79 Å². The van der Waals surface area contributed by atoms with Gasteiger partial charge >= 0.3 is 6.16 Å². The first-order chi connectivity index (χ1) is 10.1. The molecular weight excluding hydrogens is 272 g/mol. The Balaban J connectivity index is 2.09. The van der Waals surface area contributed by atoms with Gasteiger partial charge in [0.25, 0.3) is 0 Å². The summed E-state index contributed by atoms with van der Waals surface area (Å²) in [6.07, 6.45) is -0.884. The number of ether oxygens (including phenoxy) is 2. The van der Waals surface area contributed by atoms with Gasteiger partial charge in [0.15, 0.2) is 11.6 Å². The van der Waals surface area contributed by atoms with Crippen molar-refractivity contribution in [2.24, 2.45) is 0 Å². The van der Waals surface area contributed by atoms with Crippen molar-refractivity contribution in [3.05, 3.63) is 64.7 Å². The van der Waals surface area contributed by atoms with E-state index in [9.17, 15) is 14.4 Å². The molecule has 0 unspecified atom stereocenters. The minimum absolute atomic E-state index is 0.154. The van der Waals surface area contributed by atoms with Gasteiger partial charge in [-0.25, -0.2) is 4.79 Å². The van der Waals surface area contributed by atoms with Gasteiger partial charge < -0.3 is 9.47 Å². The van der Waals surface area contributed by atoms with Gasteiger partial charge in [-0.3, -0.25) is 9.59 Å². The number of ketones is 2. The Hall–Kier alpha value is -2.95. The third kappa shape index (κ3) is 2.08. The second-order valence-electron chi connectivity index (χ2n) is 4.47. The van der Waals surface area contributed by atoms with Crippen LogP contribution in [0.2, 0.25) is 0 Å². The molecule has 104 valence electrons. The molecule has 0 radical (unpaired) electrons. The predicted molar refractivity (Wildman–Crippen MR) is 72.8 cm³/mol. The monoisotopic (exact) mass is 282 g/mol. The van der Waals surface area contributed by atoms with E-state index in [1.807, 2.05) is 0 Å². The SMILES string of the molecule is COC(=O)Oc1ccc2c(c1)C(=O)c1ccccc1C2=O. The molecule has 0 saturated heterocycles. The van der Waals surface area contributed by atoms with Gasteiger partial charge in [-0.05, 0) is 18.2 Å². The highest BCUT2D eigenvalue weighted by Crippen LogP contribution is 2.29. The average Bonchev–Trinajstić information content (AvgIpc) is 2.52. The maximum absolute atomic E-state index is 12.4. The number of fused-ring (bicyclic) bond motifs is 2. The molecule has 0 aliphatic heterocycles. The van der Waals surface area contributed by atoms with Crippen molar-refractivity contribution in [1.82, 2.24) is 0 Å². The number of carbonyl (C=O) groups is 3. The zero-order valence-electron chi connectivity index (χ0n) is 11.1. The molecule has 0 spiro atoms. The lowest BCUT2D eigenvalue weighted by Crippen LogP contribution is -2.21. The Bertz CT molecular complexity index is 776. The number of hydrogen-bond donors (Lipinski definition) is 0. The van der Waals surface area contributed by atoms with Crippen LogP contribution in [0.3, 0.4) is 0 Å². The number of methoxy groups -OCH3 is 1. The highest BCUT2D eigenvalue weighted by molar-refractivity contribution is 6.28. The molecule has 0 atom stereocenters. The van der Waals surface area contributed by atoms with Crippen LogP contribution in [-0.2, 0) is 4.74 Å². The van der Waals surface area contributed by atoms with Gasteiger partial charge in [0.05, 0.1) is 7.11 Å². The molecule has 0 bridgehead atoms. The molecule has 0 N–H and O–H groups in total. The van der Waals surface area contributed by atoms with Gasteiger partial charge in [-0.2, -0.15) is 0 Å². The first kappa shape index (κ1) is 13.1. The van der Waals surface area contributed by atoms with Crippen molar-refractivity contribution >= 4 is 17.7 Å². The third-order valence-electron chi connectivity index (χ3n) is 3.26. The van der Waals surface area contributed by atoms with Crippen LogP contribution in [0.25, 0.3) is 0 Å². The normalized spacial score (nSPS) is 12.4. The Labute approximate surface area is 120 Å². The lowest BCUT2D eigenvalue weighted by molar-refractivity contribution is 0.0978. The maximum Gasteiger partial charge on any atom is 0.513 e. The van der Waals surface area contributed by atoms with Gasteiger partial charge in [-0.15, -0.1) is 0 Å². The Morgan fingerprint density at radius 1 is 0.857 bits per heavy atom. The summed E-state index contributed by atoms with van der Waals surface area (Å²) >= 11 is 0. The molecular formula is C16H10O5. The van der Waals surface area contributed by atoms with Crippen LogP contribution in [0, 0.1) is 0 Å². The van der Waals surface area contributed by atoms with Gasteiger partial charge in [0.1, 0.15) is 5.75 Å². The lowest BCUT2D eigenvalue weighted by Gasteiger charge is -2.17. The Morgan fingerprint density at radius 3 is 2.05 bits per heavy atom. The highest BCUT2D eigenvalue weighted by atomic mass is 16.7. The van der Waals surface area contributed by atoms with E-state index in [1.54, 1.807) is 24.3 Å².